The van der Waals surface area contributed by atoms with Crippen molar-refractivity contribution >= 4 is 11.9 Å². The fourth-order valence-corrected chi connectivity index (χ4v) is 2.52. The van der Waals surface area contributed by atoms with Gasteiger partial charge in [-0.2, -0.15) is 0 Å². The number of aliphatic hydroxyl groups excluding tert-OH is 1. The molecule has 0 saturated heterocycles. The zero-order valence-electron chi connectivity index (χ0n) is 12.8. The average molecular weight is 313 g/mol. The Balaban J connectivity index is 2.48. The van der Waals surface area contributed by atoms with E-state index in [4.69, 9.17) is 9.84 Å². The van der Waals surface area contributed by atoms with Gasteiger partial charge in [0, 0.05) is 5.92 Å². The number of esters is 1. The molecule has 120 valence electrons. The molecule has 0 aliphatic carbocycles. The molecule has 23 heavy (non-hydrogen) atoms. The van der Waals surface area contributed by atoms with Gasteiger partial charge in [-0.3, -0.25) is 4.79 Å². The minimum Gasteiger partial charge on any atom is -0.467 e. The number of rotatable bonds is 6. The molecular formula is C18H19NO4. The first-order valence-electron chi connectivity index (χ1n) is 7.25. The summed E-state index contributed by atoms with van der Waals surface area (Å²) >= 11 is 0. The highest BCUT2D eigenvalue weighted by Crippen LogP contribution is 2.28. The van der Waals surface area contributed by atoms with Crippen molar-refractivity contribution in [3.8, 4) is 0 Å². The molecular weight excluding hydrogens is 294 g/mol. The smallest absolute Gasteiger partial charge is 0.329 e. The molecule has 0 fully saturated rings. The van der Waals surface area contributed by atoms with Gasteiger partial charge < -0.3 is 15.2 Å². The SMILES string of the molecule is COC(=O)[C@@H](NC(=O)CO)C(c1ccccc1)c1ccccc1. The van der Waals surface area contributed by atoms with E-state index in [-0.39, 0.29) is 0 Å². The van der Waals surface area contributed by atoms with Crippen LogP contribution in [0.1, 0.15) is 17.0 Å². The standard InChI is InChI=1S/C18H19NO4/c1-23-18(22)17(19-15(21)12-20)16(13-8-4-2-5-9-13)14-10-6-3-7-11-14/h2-11,16-17,20H,12H2,1H3,(H,19,21)/t17-/m0/s1. The van der Waals surface area contributed by atoms with Gasteiger partial charge in [0.05, 0.1) is 7.11 Å². The first kappa shape index (κ1) is 16.7. The first-order valence-corrected chi connectivity index (χ1v) is 7.25. The van der Waals surface area contributed by atoms with Crippen LogP contribution in [0.25, 0.3) is 0 Å². The quantitative estimate of drug-likeness (QED) is 0.792. The third-order valence-electron chi connectivity index (χ3n) is 3.57. The zero-order valence-corrected chi connectivity index (χ0v) is 12.8. The van der Waals surface area contributed by atoms with Crippen LogP contribution in [0.2, 0.25) is 0 Å². The number of nitrogens with one attached hydrogen (secondary N) is 1. The Hall–Kier alpha value is -2.66. The number of hydrogen-bond donors (Lipinski definition) is 2. The van der Waals surface area contributed by atoms with Gasteiger partial charge in [0.2, 0.25) is 5.91 Å². The van der Waals surface area contributed by atoms with Crippen molar-refractivity contribution in [2.75, 3.05) is 13.7 Å². The summed E-state index contributed by atoms with van der Waals surface area (Å²) in [6.07, 6.45) is 0. The topological polar surface area (TPSA) is 75.6 Å². The third-order valence-corrected chi connectivity index (χ3v) is 3.57. The number of amides is 1. The Morgan fingerprint density at radius 1 is 1.00 bits per heavy atom. The normalized spacial score (nSPS) is 11.8. The van der Waals surface area contributed by atoms with Gasteiger partial charge in [-0.15, -0.1) is 0 Å². The summed E-state index contributed by atoms with van der Waals surface area (Å²) in [5.74, 6) is -1.61. The highest BCUT2D eigenvalue weighted by atomic mass is 16.5. The molecule has 0 heterocycles. The van der Waals surface area contributed by atoms with Crippen molar-refractivity contribution in [1.29, 1.82) is 0 Å². The van der Waals surface area contributed by atoms with Crippen LogP contribution in [0, 0.1) is 0 Å². The van der Waals surface area contributed by atoms with E-state index in [9.17, 15) is 9.59 Å². The van der Waals surface area contributed by atoms with Crippen molar-refractivity contribution in [1.82, 2.24) is 5.32 Å². The molecule has 1 amide bonds. The van der Waals surface area contributed by atoms with Gasteiger partial charge in [-0.1, -0.05) is 60.7 Å². The third kappa shape index (κ3) is 4.17. The van der Waals surface area contributed by atoms with E-state index < -0.39 is 30.4 Å². The fourth-order valence-electron chi connectivity index (χ4n) is 2.52. The van der Waals surface area contributed by atoms with Gasteiger partial charge in [-0.25, -0.2) is 4.79 Å². The molecule has 0 radical (unpaired) electrons. The summed E-state index contributed by atoms with van der Waals surface area (Å²) in [4.78, 5) is 23.9. The number of aliphatic hydroxyl groups is 1. The summed E-state index contributed by atoms with van der Waals surface area (Å²) in [6, 6.07) is 17.9. The minimum absolute atomic E-state index is 0.416. The van der Waals surface area contributed by atoms with Crippen molar-refractivity contribution in [2.24, 2.45) is 0 Å². The van der Waals surface area contributed by atoms with Crippen LogP contribution in [0.5, 0.6) is 0 Å². The summed E-state index contributed by atoms with van der Waals surface area (Å²) in [6.45, 7) is -0.691. The van der Waals surface area contributed by atoms with Crippen LogP contribution in [-0.4, -0.2) is 36.7 Å². The van der Waals surface area contributed by atoms with E-state index in [2.05, 4.69) is 5.32 Å². The molecule has 1 atom stereocenters. The van der Waals surface area contributed by atoms with Crippen LogP contribution in [0.15, 0.2) is 60.7 Å². The Morgan fingerprint density at radius 2 is 1.48 bits per heavy atom. The summed E-state index contributed by atoms with van der Waals surface area (Å²) in [7, 11) is 1.27. The highest BCUT2D eigenvalue weighted by molar-refractivity contribution is 5.86. The molecule has 0 spiro atoms. The monoisotopic (exact) mass is 313 g/mol. The number of carbonyl (C=O) groups excluding carboxylic acids is 2. The molecule has 2 aromatic rings. The summed E-state index contributed by atoms with van der Waals surface area (Å²) in [5, 5.41) is 11.5. The van der Waals surface area contributed by atoms with Gasteiger partial charge in [-0.05, 0) is 11.1 Å². The lowest BCUT2D eigenvalue weighted by molar-refractivity contribution is -0.145. The number of carbonyl (C=O) groups is 2. The van der Waals surface area contributed by atoms with E-state index in [1.54, 1.807) is 0 Å². The number of ether oxygens (including phenoxy) is 1. The average Bonchev–Trinajstić information content (AvgIpc) is 2.62. The Morgan fingerprint density at radius 3 is 1.87 bits per heavy atom. The van der Waals surface area contributed by atoms with Crippen LogP contribution in [0.4, 0.5) is 0 Å². The Bertz CT molecular complexity index is 603. The Kier molecular flexibility index (Phi) is 5.88. The van der Waals surface area contributed by atoms with Crippen LogP contribution >= 0.6 is 0 Å². The second-order valence-corrected chi connectivity index (χ2v) is 5.03. The molecule has 5 heteroatoms. The molecule has 0 unspecified atom stereocenters. The first-order chi connectivity index (χ1) is 11.2. The maximum Gasteiger partial charge on any atom is 0.329 e. The molecule has 0 bridgehead atoms. The molecule has 0 aliphatic rings. The van der Waals surface area contributed by atoms with Crippen LogP contribution in [0.3, 0.4) is 0 Å². The molecule has 2 N–H and O–H groups in total. The van der Waals surface area contributed by atoms with Crippen molar-refractivity contribution < 1.29 is 19.4 Å². The molecule has 0 aliphatic heterocycles. The lowest BCUT2D eigenvalue weighted by Crippen LogP contribution is -2.47. The summed E-state index contributed by atoms with van der Waals surface area (Å²) < 4.78 is 4.85. The van der Waals surface area contributed by atoms with Crippen molar-refractivity contribution in [3.63, 3.8) is 0 Å². The highest BCUT2D eigenvalue weighted by Gasteiger charge is 2.32. The molecule has 0 aromatic heterocycles. The molecule has 2 aromatic carbocycles. The maximum atomic E-state index is 12.2. The predicted octanol–water partition coefficient (Wildman–Crippen LogP) is 1.47. The van der Waals surface area contributed by atoms with Crippen molar-refractivity contribution in [2.45, 2.75) is 12.0 Å². The lowest BCUT2D eigenvalue weighted by Gasteiger charge is -2.26. The van der Waals surface area contributed by atoms with E-state index >= 15 is 0 Å². The predicted molar refractivity (Wildman–Crippen MR) is 85.8 cm³/mol. The minimum atomic E-state index is -0.926. The molecule has 2 rings (SSSR count). The number of hydrogen-bond acceptors (Lipinski definition) is 4. The van der Waals surface area contributed by atoms with Crippen LogP contribution in [-0.2, 0) is 14.3 Å². The van der Waals surface area contributed by atoms with E-state index in [0.29, 0.717) is 0 Å². The van der Waals surface area contributed by atoms with E-state index in [1.165, 1.54) is 7.11 Å². The Labute approximate surface area is 134 Å². The van der Waals surface area contributed by atoms with Gasteiger partial charge in [0.15, 0.2) is 0 Å². The lowest BCUT2D eigenvalue weighted by atomic mass is 9.85. The fraction of sp³-hybridized carbons (Fsp3) is 0.222. The largest absolute Gasteiger partial charge is 0.467 e. The van der Waals surface area contributed by atoms with E-state index in [1.807, 2.05) is 60.7 Å². The van der Waals surface area contributed by atoms with Gasteiger partial charge >= 0.3 is 5.97 Å². The van der Waals surface area contributed by atoms with Crippen molar-refractivity contribution in [3.05, 3.63) is 71.8 Å². The van der Waals surface area contributed by atoms with Gasteiger partial charge in [0.1, 0.15) is 12.6 Å². The van der Waals surface area contributed by atoms with E-state index in [0.717, 1.165) is 11.1 Å². The zero-order chi connectivity index (χ0) is 16.7. The van der Waals surface area contributed by atoms with Gasteiger partial charge in [0.25, 0.3) is 0 Å². The maximum absolute atomic E-state index is 12.2. The number of methoxy groups -OCH3 is 1. The second kappa shape index (κ2) is 8.10. The molecule has 0 saturated carbocycles. The second-order valence-electron chi connectivity index (χ2n) is 5.03. The number of benzene rings is 2. The van der Waals surface area contributed by atoms with Crippen LogP contribution < -0.4 is 5.32 Å². The summed E-state index contributed by atoms with van der Waals surface area (Å²) in [5.41, 5.74) is 1.74. The molecule has 5 nitrogen and oxygen atoms in total.